The van der Waals surface area contributed by atoms with Gasteiger partial charge in [0.1, 0.15) is 28.9 Å². The topological polar surface area (TPSA) is 182 Å². The molecule has 5 atom stereocenters. The molecule has 5 N–H and O–H groups in total. The molecule has 2 heterocycles. The normalized spacial score (nSPS) is 13.4. The second kappa shape index (κ2) is 36.8. The Morgan fingerprint density at radius 3 is 1.09 bits per heavy atom. The lowest BCUT2D eigenvalue weighted by atomic mass is 9.89. The van der Waals surface area contributed by atoms with Crippen LogP contribution in [-0.2, 0) is 62.5 Å². The number of likely N-dealkylation sites (N-methyl/N-ethyl adjacent to an activating group) is 5. The van der Waals surface area contributed by atoms with Crippen molar-refractivity contribution in [3.8, 4) is 56.4 Å². The lowest BCUT2D eigenvalue weighted by molar-refractivity contribution is -0.122. The van der Waals surface area contributed by atoms with Crippen LogP contribution in [0.3, 0.4) is 0 Å². The first-order valence-corrected chi connectivity index (χ1v) is 31.5. The summed E-state index contributed by atoms with van der Waals surface area (Å²) in [5.41, 5.74) is 13.6. The van der Waals surface area contributed by atoms with E-state index in [1.54, 1.807) is 34.6 Å². The van der Waals surface area contributed by atoms with Crippen LogP contribution in [0.5, 0.6) is 23.0 Å². The fourth-order valence-electron chi connectivity index (χ4n) is 10.5. The number of Topliss-reactive ketones (excluding diaryl/α,β-unsaturated/α-hetero) is 5. The van der Waals surface area contributed by atoms with Crippen LogP contribution < -0.4 is 45.5 Å². The first-order chi connectivity index (χ1) is 44.3. The Labute approximate surface area is 545 Å². The highest BCUT2D eigenvalue weighted by atomic mass is 16.7. The summed E-state index contributed by atoms with van der Waals surface area (Å²) in [4.78, 5) is 57.0. The summed E-state index contributed by atoms with van der Waals surface area (Å²) in [5, 5.41) is 15.2. The standard InChI is InChI=1S/C20H23NO3.C18H19NO3.C17H19NO.C12H17NO.C11H15NO/c1-4-15-10-19-20(24-12-23-19)11-17(15)16-7-5-14(6-8-16)9-18(21-3)13(2)22;1-12(20)16(19-2)9-13-3-5-14(6-4-13)15-7-8-17-18(10-15)22-11-21-17;1-13(19)17(18-2)12-14-8-10-16(11-9-14)15-6-4-3-5-7-15;1-10(14)12(2,13-3)9-11-7-5-4-6-8-11;1-9(13)11(12-2)8-10-6-4-3-5-7-10/h5-8,10-11,18,21H,4,9,12H2,1-3H3;3-8,10,16,19H,9,11H2,1-2H3;3-11,17-18H,12H2,1-2H3;4-8,13H,9H2,1-3H3;3-7,11-12H,8H2,1-2H3/t18-;16-;;;/m00.../s1. The number of rotatable bonds is 24. The van der Waals surface area contributed by atoms with Crippen LogP contribution in [0.1, 0.15) is 81.8 Å². The first-order valence-electron chi connectivity index (χ1n) is 31.5. The molecule has 2 aliphatic heterocycles. The Hall–Kier alpha value is -8.89. The molecule has 8 aromatic carbocycles. The number of aryl methyl sites for hydroxylation is 1. The van der Waals surface area contributed by atoms with E-state index in [2.05, 4.69) is 131 Å². The lowest BCUT2D eigenvalue weighted by Crippen LogP contribution is -2.48. The van der Waals surface area contributed by atoms with E-state index in [-0.39, 0.29) is 66.7 Å². The zero-order valence-corrected chi connectivity index (χ0v) is 55.6. The molecule has 92 heavy (non-hydrogen) atoms. The highest BCUT2D eigenvalue weighted by Gasteiger charge is 2.28. The molecular weight excluding hydrogens is 1150 g/mol. The summed E-state index contributed by atoms with van der Waals surface area (Å²) in [6, 6.07) is 65.1. The quantitative estimate of drug-likeness (QED) is 0.0385. The Morgan fingerprint density at radius 1 is 0.380 bits per heavy atom. The minimum absolute atomic E-state index is 0.0533. The molecule has 0 aromatic heterocycles. The second-order valence-corrected chi connectivity index (χ2v) is 23.2. The van der Waals surface area contributed by atoms with Crippen molar-refractivity contribution in [2.24, 2.45) is 0 Å². The van der Waals surface area contributed by atoms with Crippen molar-refractivity contribution in [1.82, 2.24) is 26.6 Å². The maximum atomic E-state index is 11.6. The van der Waals surface area contributed by atoms with Gasteiger partial charge in [-0.15, -0.1) is 0 Å². The van der Waals surface area contributed by atoms with Gasteiger partial charge in [-0.2, -0.15) is 0 Å². The van der Waals surface area contributed by atoms with Crippen LogP contribution in [0.15, 0.2) is 194 Å². The number of ketones is 5. The molecule has 0 saturated heterocycles. The van der Waals surface area contributed by atoms with E-state index in [4.69, 9.17) is 18.9 Å². The number of carbonyl (C=O) groups is 5. The predicted molar refractivity (Wildman–Crippen MR) is 371 cm³/mol. The van der Waals surface area contributed by atoms with Crippen molar-refractivity contribution in [2.75, 3.05) is 48.8 Å². The minimum atomic E-state index is -0.443. The van der Waals surface area contributed by atoms with Gasteiger partial charge in [0.15, 0.2) is 23.0 Å². The SMILES string of the molecule is CCc1cc2c(cc1-c1ccc(C[C@H](NC)C(C)=O)cc1)OCO2.CNC(C)(Cc1ccccc1)C(C)=O.CNC(Cc1ccc(-c2ccccc2)cc1)C(C)=O.CNC(Cc1ccccc1)C(C)=O.CN[C@@H](Cc1ccc(-c2ccc3c(c2)OCO3)cc1)C(C)=O. The summed E-state index contributed by atoms with van der Waals surface area (Å²) in [7, 11) is 9.09. The molecule has 0 spiro atoms. The number of benzene rings is 8. The van der Waals surface area contributed by atoms with Gasteiger partial charge in [0.25, 0.3) is 0 Å². The summed E-state index contributed by atoms with van der Waals surface area (Å²) < 4.78 is 21.7. The lowest BCUT2D eigenvalue weighted by Gasteiger charge is -2.26. The average Bonchev–Trinajstić information content (AvgIpc) is 1.53. The smallest absolute Gasteiger partial charge is 0.231 e. The molecule has 0 bridgehead atoms. The van der Waals surface area contributed by atoms with Gasteiger partial charge in [-0.05, 0) is 206 Å². The molecule has 0 saturated carbocycles. The zero-order valence-electron chi connectivity index (χ0n) is 55.6. The molecule has 0 aliphatic carbocycles. The van der Waals surface area contributed by atoms with E-state index in [1.807, 2.05) is 139 Å². The molecular formula is C78H93N5O9. The molecule has 484 valence electrons. The summed E-state index contributed by atoms with van der Waals surface area (Å²) in [6.07, 6.45) is 4.58. The van der Waals surface area contributed by atoms with Gasteiger partial charge in [0.2, 0.25) is 13.6 Å². The third-order valence-electron chi connectivity index (χ3n) is 16.7. The Morgan fingerprint density at radius 2 is 0.707 bits per heavy atom. The van der Waals surface area contributed by atoms with Crippen LogP contribution in [0.4, 0.5) is 0 Å². The summed E-state index contributed by atoms with van der Waals surface area (Å²) in [5.74, 6) is 4.05. The Kier molecular flexibility index (Phi) is 28.9. The zero-order chi connectivity index (χ0) is 66.6. The Bertz CT molecular complexity index is 3600. The second-order valence-electron chi connectivity index (χ2n) is 23.2. The fraction of sp³-hybridized carbons (Fsp3) is 0.321. The molecule has 10 rings (SSSR count). The molecule has 0 amide bonds. The van der Waals surface area contributed by atoms with Crippen molar-refractivity contribution < 1.29 is 42.9 Å². The third-order valence-corrected chi connectivity index (χ3v) is 16.7. The van der Waals surface area contributed by atoms with Crippen molar-refractivity contribution in [3.05, 3.63) is 228 Å². The highest BCUT2D eigenvalue weighted by Crippen LogP contribution is 2.39. The minimum Gasteiger partial charge on any atom is -0.454 e. The van der Waals surface area contributed by atoms with E-state index < -0.39 is 5.54 Å². The maximum Gasteiger partial charge on any atom is 0.231 e. The van der Waals surface area contributed by atoms with Gasteiger partial charge >= 0.3 is 0 Å². The van der Waals surface area contributed by atoms with Crippen LogP contribution >= 0.6 is 0 Å². The number of ether oxygens (including phenoxy) is 4. The Balaban J connectivity index is 0.000000186. The van der Waals surface area contributed by atoms with Gasteiger partial charge in [-0.25, -0.2) is 0 Å². The van der Waals surface area contributed by atoms with Gasteiger partial charge in [0.05, 0.1) is 29.7 Å². The fourth-order valence-corrected chi connectivity index (χ4v) is 10.5. The van der Waals surface area contributed by atoms with Gasteiger partial charge in [-0.3, -0.25) is 24.0 Å². The van der Waals surface area contributed by atoms with Crippen molar-refractivity contribution in [2.45, 2.75) is 117 Å². The number of nitrogens with one attached hydrogen (secondary N) is 5. The van der Waals surface area contributed by atoms with Crippen LogP contribution in [-0.4, -0.2) is 107 Å². The molecule has 2 aliphatic rings. The van der Waals surface area contributed by atoms with Crippen LogP contribution in [0.2, 0.25) is 0 Å². The summed E-state index contributed by atoms with van der Waals surface area (Å²) in [6.45, 7) is 12.7. The molecule has 3 unspecified atom stereocenters. The monoisotopic (exact) mass is 1240 g/mol. The number of carbonyl (C=O) groups excluding carboxylic acids is 5. The van der Waals surface area contributed by atoms with Crippen molar-refractivity contribution in [1.29, 1.82) is 0 Å². The van der Waals surface area contributed by atoms with Crippen LogP contribution in [0, 0.1) is 0 Å². The molecule has 14 heteroatoms. The van der Waals surface area contributed by atoms with Gasteiger partial charge in [-0.1, -0.05) is 177 Å². The number of fused-ring (bicyclic) bond motifs is 2. The maximum absolute atomic E-state index is 11.6. The van der Waals surface area contributed by atoms with E-state index in [1.165, 1.54) is 38.9 Å². The molecule has 8 aromatic rings. The largest absolute Gasteiger partial charge is 0.454 e. The number of hydrogen-bond donors (Lipinski definition) is 5. The number of hydrogen-bond acceptors (Lipinski definition) is 14. The highest BCUT2D eigenvalue weighted by molar-refractivity contribution is 5.86. The van der Waals surface area contributed by atoms with Crippen LogP contribution in [0.25, 0.3) is 33.4 Å². The third kappa shape index (κ3) is 21.9. The molecule has 0 radical (unpaired) electrons. The van der Waals surface area contributed by atoms with E-state index >= 15 is 0 Å². The van der Waals surface area contributed by atoms with Gasteiger partial charge < -0.3 is 45.5 Å². The first kappa shape index (κ1) is 72.2. The van der Waals surface area contributed by atoms with Crippen molar-refractivity contribution in [3.63, 3.8) is 0 Å². The van der Waals surface area contributed by atoms with Crippen molar-refractivity contribution >= 4 is 28.9 Å². The van der Waals surface area contributed by atoms with E-state index in [9.17, 15) is 24.0 Å². The predicted octanol–water partition coefficient (Wildman–Crippen LogP) is 12.4. The average molecular weight is 1240 g/mol. The van der Waals surface area contributed by atoms with Gasteiger partial charge in [0, 0.05) is 0 Å². The molecule has 0 fully saturated rings. The van der Waals surface area contributed by atoms with E-state index in [0.717, 1.165) is 76.5 Å². The molecule has 14 nitrogen and oxygen atoms in total. The summed E-state index contributed by atoms with van der Waals surface area (Å²) >= 11 is 0. The van der Waals surface area contributed by atoms with E-state index in [0.29, 0.717) is 12.8 Å².